The first-order valence-corrected chi connectivity index (χ1v) is 10.7. The van der Waals surface area contributed by atoms with Crippen molar-refractivity contribution in [3.05, 3.63) is 24.7 Å². The van der Waals surface area contributed by atoms with Gasteiger partial charge in [-0.15, -0.1) is 11.3 Å². The first-order valence-electron chi connectivity index (χ1n) is 8.02. The third-order valence-corrected chi connectivity index (χ3v) is 7.38. The molecule has 0 saturated heterocycles. The SMILES string of the molecule is CN[C@H]1C[C@@H](Nc2c(-c3ncc(S(C)(=O)=O)s3)cnc3[nH]ccc23)C1. The van der Waals surface area contributed by atoms with E-state index in [0.717, 1.165) is 35.1 Å². The molecule has 132 valence electrons. The number of thiazole rings is 1. The summed E-state index contributed by atoms with van der Waals surface area (Å²) < 4.78 is 23.8. The smallest absolute Gasteiger partial charge is 0.186 e. The van der Waals surface area contributed by atoms with Gasteiger partial charge in [0.05, 0.1) is 17.4 Å². The molecule has 1 aliphatic carbocycles. The number of H-pyrrole nitrogens is 1. The maximum absolute atomic E-state index is 11.8. The Morgan fingerprint density at radius 1 is 1.24 bits per heavy atom. The molecule has 25 heavy (non-hydrogen) atoms. The van der Waals surface area contributed by atoms with Crippen LogP contribution in [0, 0.1) is 0 Å². The highest BCUT2D eigenvalue weighted by atomic mass is 32.2. The van der Waals surface area contributed by atoms with Crippen LogP contribution in [0.4, 0.5) is 5.69 Å². The van der Waals surface area contributed by atoms with Crippen LogP contribution in [0.15, 0.2) is 28.9 Å². The van der Waals surface area contributed by atoms with Crippen LogP contribution < -0.4 is 10.6 Å². The van der Waals surface area contributed by atoms with Crippen molar-refractivity contribution in [2.24, 2.45) is 0 Å². The highest BCUT2D eigenvalue weighted by Crippen LogP contribution is 2.38. The number of fused-ring (bicyclic) bond motifs is 1. The highest BCUT2D eigenvalue weighted by molar-refractivity contribution is 7.92. The molecule has 0 atom stereocenters. The molecule has 1 fully saturated rings. The lowest BCUT2D eigenvalue weighted by molar-refractivity contribution is 0.327. The Morgan fingerprint density at radius 3 is 2.72 bits per heavy atom. The van der Waals surface area contributed by atoms with Gasteiger partial charge in [0.15, 0.2) is 9.84 Å². The zero-order chi connectivity index (χ0) is 17.6. The van der Waals surface area contributed by atoms with Gasteiger partial charge >= 0.3 is 0 Å². The number of hydrogen-bond donors (Lipinski definition) is 3. The van der Waals surface area contributed by atoms with E-state index in [-0.39, 0.29) is 4.21 Å². The molecule has 3 aromatic heterocycles. The van der Waals surface area contributed by atoms with Crippen molar-refractivity contribution in [3.63, 3.8) is 0 Å². The predicted octanol–water partition coefficient (Wildman–Crippen LogP) is 2.25. The van der Waals surface area contributed by atoms with Crippen LogP contribution in [-0.2, 0) is 9.84 Å². The van der Waals surface area contributed by atoms with E-state index in [0.29, 0.717) is 17.1 Å². The van der Waals surface area contributed by atoms with Gasteiger partial charge in [0.2, 0.25) is 0 Å². The van der Waals surface area contributed by atoms with Gasteiger partial charge in [-0.25, -0.2) is 18.4 Å². The van der Waals surface area contributed by atoms with Gasteiger partial charge in [-0.1, -0.05) is 0 Å². The highest BCUT2D eigenvalue weighted by Gasteiger charge is 2.29. The zero-order valence-corrected chi connectivity index (χ0v) is 15.5. The van der Waals surface area contributed by atoms with Crippen molar-refractivity contribution in [2.45, 2.75) is 29.1 Å². The molecule has 3 heterocycles. The summed E-state index contributed by atoms with van der Waals surface area (Å²) in [7, 11) is -1.28. The molecule has 0 bridgehead atoms. The molecule has 0 radical (unpaired) electrons. The van der Waals surface area contributed by atoms with Crippen LogP contribution in [0.5, 0.6) is 0 Å². The molecule has 1 aliphatic rings. The van der Waals surface area contributed by atoms with E-state index in [9.17, 15) is 8.42 Å². The molecule has 0 aromatic carbocycles. The third kappa shape index (κ3) is 3.03. The van der Waals surface area contributed by atoms with Crippen LogP contribution >= 0.6 is 11.3 Å². The Hall–Kier alpha value is -1.97. The van der Waals surface area contributed by atoms with Crippen molar-refractivity contribution in [1.29, 1.82) is 0 Å². The van der Waals surface area contributed by atoms with Crippen LogP contribution in [-0.4, -0.2) is 48.8 Å². The Balaban J connectivity index is 1.75. The third-order valence-electron chi connectivity index (χ3n) is 4.56. The van der Waals surface area contributed by atoms with E-state index in [1.165, 1.54) is 23.8 Å². The molecule has 4 rings (SSSR count). The van der Waals surface area contributed by atoms with Crippen LogP contribution in [0.3, 0.4) is 0 Å². The van der Waals surface area contributed by atoms with E-state index in [1.807, 2.05) is 19.3 Å². The number of nitrogens with one attached hydrogen (secondary N) is 3. The van der Waals surface area contributed by atoms with Gasteiger partial charge < -0.3 is 15.6 Å². The second-order valence-corrected chi connectivity index (χ2v) is 9.61. The van der Waals surface area contributed by atoms with Crippen molar-refractivity contribution >= 4 is 37.9 Å². The lowest BCUT2D eigenvalue weighted by Crippen LogP contribution is -2.46. The van der Waals surface area contributed by atoms with E-state index >= 15 is 0 Å². The van der Waals surface area contributed by atoms with E-state index in [1.54, 1.807) is 6.20 Å². The maximum Gasteiger partial charge on any atom is 0.186 e. The second-order valence-electron chi connectivity index (χ2n) is 6.34. The topological polar surface area (TPSA) is 99.8 Å². The number of rotatable bonds is 5. The molecule has 0 aliphatic heterocycles. The van der Waals surface area contributed by atoms with Gasteiger partial charge in [-0.2, -0.15) is 0 Å². The fourth-order valence-corrected chi connectivity index (χ4v) is 4.81. The molecule has 0 amide bonds. The molecule has 9 heteroatoms. The number of hydrogen-bond acceptors (Lipinski definition) is 7. The minimum Gasteiger partial charge on any atom is -0.381 e. The molecular weight excluding hydrogens is 358 g/mol. The summed E-state index contributed by atoms with van der Waals surface area (Å²) in [5.74, 6) is 0. The Bertz CT molecular complexity index is 1020. The van der Waals surface area contributed by atoms with Gasteiger partial charge in [-0.3, -0.25) is 0 Å². The predicted molar refractivity (Wildman–Crippen MR) is 99.8 cm³/mol. The molecule has 0 unspecified atom stereocenters. The maximum atomic E-state index is 11.8. The fraction of sp³-hybridized carbons (Fsp3) is 0.375. The Morgan fingerprint density at radius 2 is 2.04 bits per heavy atom. The van der Waals surface area contributed by atoms with Crippen molar-refractivity contribution in [1.82, 2.24) is 20.3 Å². The summed E-state index contributed by atoms with van der Waals surface area (Å²) in [5.41, 5.74) is 2.59. The first-order chi connectivity index (χ1) is 12.0. The molecule has 1 saturated carbocycles. The number of pyridine rings is 1. The average molecular weight is 377 g/mol. The van der Waals surface area contributed by atoms with Crippen LogP contribution in [0.2, 0.25) is 0 Å². The zero-order valence-electron chi connectivity index (χ0n) is 13.9. The number of sulfone groups is 1. The minimum absolute atomic E-state index is 0.265. The summed E-state index contributed by atoms with van der Waals surface area (Å²) in [6.07, 6.45) is 8.32. The first kappa shape index (κ1) is 16.5. The molecule has 0 spiro atoms. The quantitative estimate of drug-likeness (QED) is 0.631. The lowest BCUT2D eigenvalue weighted by Gasteiger charge is -2.36. The minimum atomic E-state index is -3.26. The summed E-state index contributed by atoms with van der Waals surface area (Å²) in [4.78, 5) is 11.9. The summed E-state index contributed by atoms with van der Waals surface area (Å²) >= 11 is 1.17. The van der Waals surface area contributed by atoms with E-state index in [2.05, 4.69) is 25.6 Å². The monoisotopic (exact) mass is 377 g/mol. The van der Waals surface area contributed by atoms with Gasteiger partial charge in [0, 0.05) is 36.1 Å². The Kier molecular flexibility index (Phi) is 4.01. The lowest BCUT2D eigenvalue weighted by atomic mass is 9.86. The normalized spacial score (nSPS) is 20.6. The summed E-state index contributed by atoms with van der Waals surface area (Å²) in [6, 6.07) is 2.90. The van der Waals surface area contributed by atoms with Crippen molar-refractivity contribution in [3.8, 4) is 10.6 Å². The summed E-state index contributed by atoms with van der Waals surface area (Å²) in [5, 5.41) is 8.53. The largest absolute Gasteiger partial charge is 0.381 e. The number of anilines is 1. The second kappa shape index (κ2) is 6.08. The molecular formula is C16H19N5O2S2. The van der Waals surface area contributed by atoms with Gasteiger partial charge in [0.25, 0.3) is 0 Å². The molecule has 7 nitrogen and oxygen atoms in total. The van der Waals surface area contributed by atoms with Crippen LogP contribution in [0.1, 0.15) is 12.8 Å². The number of aromatic nitrogens is 3. The van der Waals surface area contributed by atoms with E-state index in [4.69, 9.17) is 0 Å². The van der Waals surface area contributed by atoms with Crippen molar-refractivity contribution < 1.29 is 8.42 Å². The number of aromatic amines is 1. The summed E-state index contributed by atoms with van der Waals surface area (Å²) in [6.45, 7) is 0. The average Bonchev–Trinajstić information content (AvgIpc) is 3.18. The van der Waals surface area contributed by atoms with Gasteiger partial charge in [-0.05, 0) is 26.0 Å². The van der Waals surface area contributed by atoms with Gasteiger partial charge in [0.1, 0.15) is 14.9 Å². The Labute approximate surface area is 149 Å². The molecule has 3 N–H and O–H groups in total. The fourth-order valence-electron chi connectivity index (χ4n) is 3.06. The van der Waals surface area contributed by atoms with Crippen molar-refractivity contribution in [2.75, 3.05) is 18.6 Å². The standard InChI is InChI=1S/C16H19N5O2S2/c1-17-9-5-10(6-9)21-14-11-3-4-18-15(11)19-7-12(14)16-20-8-13(24-16)25(2,22)23/h3-4,7-10,17H,5-6H2,1-2H3,(H2,18,19,21)/t9-,10+. The van der Waals surface area contributed by atoms with E-state index < -0.39 is 9.84 Å². The molecule has 3 aromatic rings. The van der Waals surface area contributed by atoms with Crippen LogP contribution in [0.25, 0.3) is 21.6 Å². The number of nitrogens with zero attached hydrogens (tertiary/aromatic N) is 2.